The fourth-order valence-corrected chi connectivity index (χ4v) is 4.68. The number of nitrogens with zero attached hydrogens (tertiary/aromatic N) is 1. The van der Waals surface area contributed by atoms with Crippen LogP contribution in [0.15, 0.2) is 46.8 Å². The van der Waals surface area contributed by atoms with Gasteiger partial charge in [0.15, 0.2) is 5.78 Å². The smallest absolute Gasteiger partial charge is 0.252 e. The van der Waals surface area contributed by atoms with Crippen molar-refractivity contribution < 1.29 is 18.7 Å². The molecule has 0 radical (unpaired) electrons. The summed E-state index contributed by atoms with van der Waals surface area (Å²) in [7, 11) is 0. The number of ketones is 1. The zero-order valence-electron chi connectivity index (χ0n) is 17.2. The molecule has 1 aliphatic carbocycles. The summed E-state index contributed by atoms with van der Waals surface area (Å²) >= 11 is 0. The van der Waals surface area contributed by atoms with E-state index < -0.39 is 5.92 Å². The van der Waals surface area contributed by atoms with Gasteiger partial charge in [0.1, 0.15) is 5.82 Å². The molecule has 2 heterocycles. The van der Waals surface area contributed by atoms with Gasteiger partial charge in [0.05, 0.1) is 13.2 Å². The molecule has 1 N–H and O–H groups in total. The van der Waals surface area contributed by atoms with Crippen LogP contribution in [0.4, 0.5) is 4.39 Å². The van der Waals surface area contributed by atoms with Crippen LogP contribution in [0.3, 0.4) is 0 Å². The molecule has 1 atom stereocenters. The number of nitrogens with one attached hydrogen (secondary N) is 1. The summed E-state index contributed by atoms with van der Waals surface area (Å²) in [6.07, 6.45) is 1.13. The van der Waals surface area contributed by atoms with Crippen molar-refractivity contribution in [3.63, 3.8) is 0 Å². The lowest BCUT2D eigenvalue weighted by molar-refractivity contribution is -0.131. The Morgan fingerprint density at radius 2 is 1.97 bits per heavy atom. The van der Waals surface area contributed by atoms with Crippen molar-refractivity contribution in [1.82, 2.24) is 10.2 Å². The Morgan fingerprint density at radius 1 is 1.24 bits per heavy atom. The van der Waals surface area contributed by atoms with E-state index in [1.54, 1.807) is 17.0 Å². The number of morpholine rings is 1. The molecule has 154 valence electrons. The van der Waals surface area contributed by atoms with Crippen LogP contribution >= 0.6 is 0 Å². The minimum Gasteiger partial charge on any atom is -0.378 e. The monoisotopic (exact) mass is 398 g/mol. The first-order valence-corrected chi connectivity index (χ1v) is 10.1. The largest absolute Gasteiger partial charge is 0.378 e. The lowest BCUT2D eigenvalue weighted by Gasteiger charge is -2.41. The van der Waals surface area contributed by atoms with Crippen molar-refractivity contribution in [2.75, 3.05) is 26.3 Å². The summed E-state index contributed by atoms with van der Waals surface area (Å²) in [6, 6.07) is 6.26. The van der Waals surface area contributed by atoms with Gasteiger partial charge in [0.2, 0.25) is 0 Å². The lowest BCUT2D eigenvalue weighted by atomic mass is 9.68. The third-order valence-corrected chi connectivity index (χ3v) is 5.95. The van der Waals surface area contributed by atoms with Crippen LogP contribution in [0, 0.1) is 11.2 Å². The highest BCUT2D eigenvalue weighted by Gasteiger charge is 2.43. The summed E-state index contributed by atoms with van der Waals surface area (Å²) < 4.78 is 19.5. The summed E-state index contributed by atoms with van der Waals surface area (Å²) in [5.41, 5.74) is 3.22. The first kappa shape index (κ1) is 19.8. The van der Waals surface area contributed by atoms with E-state index >= 15 is 0 Å². The number of Topliss-reactive ketones (excluding diaryl/α,β-unsaturated/α-hetero) is 1. The Hall–Kier alpha value is -2.47. The molecule has 1 amide bonds. The van der Waals surface area contributed by atoms with Gasteiger partial charge in [-0.3, -0.25) is 9.59 Å². The zero-order chi connectivity index (χ0) is 20.8. The minimum atomic E-state index is -0.555. The number of rotatable bonds is 2. The highest BCUT2D eigenvalue weighted by atomic mass is 19.1. The molecule has 4 rings (SSSR count). The normalized spacial score (nSPS) is 24.3. The van der Waals surface area contributed by atoms with E-state index in [4.69, 9.17) is 4.74 Å². The Labute approximate surface area is 170 Å². The number of dihydropyridines is 1. The van der Waals surface area contributed by atoms with Gasteiger partial charge in [-0.1, -0.05) is 26.0 Å². The number of benzene rings is 1. The molecule has 0 aromatic heterocycles. The highest BCUT2D eigenvalue weighted by Crippen LogP contribution is 2.47. The van der Waals surface area contributed by atoms with Crippen molar-refractivity contribution >= 4 is 11.7 Å². The third-order valence-electron chi connectivity index (χ3n) is 5.95. The molecule has 1 unspecified atom stereocenters. The number of hydrogen-bond donors (Lipinski definition) is 1. The first-order chi connectivity index (χ1) is 13.8. The van der Waals surface area contributed by atoms with E-state index in [1.807, 2.05) is 6.92 Å². The highest BCUT2D eigenvalue weighted by molar-refractivity contribution is 6.05. The van der Waals surface area contributed by atoms with E-state index in [9.17, 15) is 14.0 Å². The summed E-state index contributed by atoms with van der Waals surface area (Å²) in [4.78, 5) is 28.5. The molecule has 3 aliphatic rings. The molecule has 1 fully saturated rings. The predicted molar refractivity (Wildman–Crippen MR) is 107 cm³/mol. The van der Waals surface area contributed by atoms with Gasteiger partial charge in [-0.2, -0.15) is 0 Å². The first-order valence-electron chi connectivity index (χ1n) is 10.1. The van der Waals surface area contributed by atoms with Crippen molar-refractivity contribution in [1.29, 1.82) is 0 Å². The molecule has 1 saturated heterocycles. The van der Waals surface area contributed by atoms with Crippen molar-refractivity contribution in [2.45, 2.75) is 39.5 Å². The van der Waals surface area contributed by atoms with Crippen LogP contribution in [-0.4, -0.2) is 42.9 Å². The number of carbonyl (C=O) groups excluding carboxylic acids is 2. The van der Waals surface area contributed by atoms with Crippen LogP contribution in [0.25, 0.3) is 0 Å². The van der Waals surface area contributed by atoms with Crippen molar-refractivity contribution in [3.05, 3.63) is 58.2 Å². The Balaban J connectivity index is 1.83. The van der Waals surface area contributed by atoms with Crippen LogP contribution < -0.4 is 5.32 Å². The molecule has 1 aromatic rings. The fourth-order valence-electron chi connectivity index (χ4n) is 4.68. The van der Waals surface area contributed by atoms with Crippen LogP contribution in [0.2, 0.25) is 0 Å². The second kappa shape index (κ2) is 7.41. The second-order valence-electron chi connectivity index (χ2n) is 8.89. The molecule has 5 nitrogen and oxygen atoms in total. The SMILES string of the molecule is CC1=C(C(=O)N2CCOCC2)C(c2cccc(F)c2)C2=C(CC(C)(C)CC2=O)N1. The molecule has 0 spiro atoms. The van der Waals surface area contributed by atoms with Crippen molar-refractivity contribution in [2.24, 2.45) is 5.41 Å². The number of ether oxygens (including phenoxy) is 1. The van der Waals surface area contributed by atoms with Crippen LogP contribution in [0.5, 0.6) is 0 Å². The Morgan fingerprint density at radius 3 is 2.66 bits per heavy atom. The topological polar surface area (TPSA) is 58.6 Å². The summed E-state index contributed by atoms with van der Waals surface area (Å²) in [6.45, 7) is 8.03. The summed E-state index contributed by atoms with van der Waals surface area (Å²) in [5, 5.41) is 3.35. The van der Waals surface area contributed by atoms with E-state index in [1.165, 1.54) is 12.1 Å². The third kappa shape index (κ3) is 3.73. The molecule has 6 heteroatoms. The molecule has 2 aliphatic heterocycles. The molecular formula is C23H27FN2O3. The van der Waals surface area contributed by atoms with Gasteiger partial charge in [-0.15, -0.1) is 0 Å². The molecule has 29 heavy (non-hydrogen) atoms. The average Bonchev–Trinajstić information content (AvgIpc) is 2.66. The quantitative estimate of drug-likeness (QED) is 0.831. The molecule has 0 saturated carbocycles. The zero-order valence-corrected chi connectivity index (χ0v) is 17.2. The van der Waals surface area contributed by atoms with E-state index in [2.05, 4.69) is 19.2 Å². The maximum absolute atomic E-state index is 14.1. The van der Waals surface area contributed by atoms with Gasteiger partial charge in [-0.05, 0) is 36.5 Å². The molecule has 0 bridgehead atoms. The Bertz CT molecular complexity index is 926. The van der Waals surface area contributed by atoms with Crippen LogP contribution in [0.1, 0.15) is 45.1 Å². The fraction of sp³-hybridized carbons (Fsp3) is 0.478. The summed E-state index contributed by atoms with van der Waals surface area (Å²) in [5.74, 6) is -1.02. The number of allylic oxidation sites excluding steroid dienone is 3. The standard InChI is InChI=1S/C23H27FN2O3/c1-14-19(22(28)26-7-9-29-10-8-26)20(15-5-4-6-16(24)11-15)21-17(25-14)12-23(2,3)13-18(21)27/h4-6,11,20,25H,7-10,12-13H2,1-3H3. The second-order valence-corrected chi connectivity index (χ2v) is 8.89. The number of hydrogen-bond acceptors (Lipinski definition) is 4. The van der Waals surface area contributed by atoms with E-state index in [0.717, 1.165) is 17.8 Å². The maximum Gasteiger partial charge on any atom is 0.252 e. The van der Waals surface area contributed by atoms with Gasteiger partial charge in [0.25, 0.3) is 5.91 Å². The van der Waals surface area contributed by atoms with E-state index in [-0.39, 0.29) is 22.9 Å². The predicted octanol–water partition coefficient (Wildman–Crippen LogP) is 3.29. The average molecular weight is 398 g/mol. The van der Waals surface area contributed by atoms with Gasteiger partial charge in [-0.25, -0.2) is 4.39 Å². The number of halogens is 1. The van der Waals surface area contributed by atoms with Crippen molar-refractivity contribution in [3.8, 4) is 0 Å². The number of carbonyl (C=O) groups is 2. The molecular weight excluding hydrogens is 371 g/mol. The van der Waals surface area contributed by atoms with Gasteiger partial charge < -0.3 is 15.0 Å². The van der Waals surface area contributed by atoms with Gasteiger partial charge >= 0.3 is 0 Å². The van der Waals surface area contributed by atoms with E-state index in [0.29, 0.717) is 49.4 Å². The van der Waals surface area contributed by atoms with Gasteiger partial charge in [0, 0.05) is 48.0 Å². The minimum absolute atomic E-state index is 0.0257. The maximum atomic E-state index is 14.1. The molecule has 1 aromatic carbocycles. The Kier molecular flexibility index (Phi) is 5.07. The van der Waals surface area contributed by atoms with Crippen LogP contribution in [-0.2, 0) is 14.3 Å². The number of amides is 1. The lowest BCUT2D eigenvalue weighted by Crippen LogP contribution is -2.45.